The van der Waals surface area contributed by atoms with Gasteiger partial charge in [0.1, 0.15) is 0 Å². The number of nitrogens with zero attached hydrogens (tertiary/aromatic N) is 3. The lowest BCUT2D eigenvalue weighted by Gasteiger charge is -2.14. The van der Waals surface area contributed by atoms with Gasteiger partial charge in [0.25, 0.3) is 0 Å². The third kappa shape index (κ3) is 2.10. The fourth-order valence-corrected chi connectivity index (χ4v) is 2.49. The van der Waals surface area contributed by atoms with Gasteiger partial charge in [0.05, 0.1) is 17.4 Å². The molecule has 0 unspecified atom stereocenters. The zero-order valence-electron chi connectivity index (χ0n) is 10.1. The zero-order chi connectivity index (χ0) is 12.5. The van der Waals surface area contributed by atoms with Crippen molar-refractivity contribution in [1.82, 2.24) is 14.5 Å². The van der Waals surface area contributed by atoms with Crippen LogP contribution in [0.15, 0.2) is 18.5 Å². The molecular weight excluding hydrogens is 236 g/mol. The van der Waals surface area contributed by atoms with Gasteiger partial charge < -0.3 is 9.47 Å². The van der Waals surface area contributed by atoms with E-state index < -0.39 is 11.6 Å². The van der Waals surface area contributed by atoms with Crippen LogP contribution in [0.1, 0.15) is 12.8 Å². The Balaban J connectivity index is 1.81. The molecule has 1 aromatic heterocycles. The summed E-state index contributed by atoms with van der Waals surface area (Å²) in [7, 11) is 0. The summed E-state index contributed by atoms with van der Waals surface area (Å²) in [6.07, 6.45) is 4.16. The van der Waals surface area contributed by atoms with Gasteiger partial charge in [-0.1, -0.05) is 0 Å². The van der Waals surface area contributed by atoms with E-state index in [0.29, 0.717) is 11.0 Å². The molecule has 5 heteroatoms. The topological polar surface area (TPSA) is 21.1 Å². The van der Waals surface area contributed by atoms with Crippen molar-refractivity contribution >= 4 is 11.0 Å². The Bertz CT molecular complexity index is 559. The van der Waals surface area contributed by atoms with Crippen LogP contribution in [0.3, 0.4) is 0 Å². The highest BCUT2D eigenvalue weighted by atomic mass is 19.2. The summed E-state index contributed by atoms with van der Waals surface area (Å²) in [5.41, 5.74) is 1.17. The molecule has 18 heavy (non-hydrogen) atoms. The molecule has 0 atom stereocenters. The molecule has 1 aliphatic rings. The molecule has 3 nitrogen and oxygen atoms in total. The first kappa shape index (κ1) is 11.6. The van der Waals surface area contributed by atoms with E-state index >= 15 is 0 Å². The van der Waals surface area contributed by atoms with Crippen LogP contribution in [0.25, 0.3) is 11.0 Å². The fraction of sp³-hybridized carbons (Fsp3) is 0.462. The molecule has 0 spiro atoms. The van der Waals surface area contributed by atoms with Gasteiger partial charge in [-0.3, -0.25) is 0 Å². The van der Waals surface area contributed by atoms with Crippen molar-refractivity contribution in [2.24, 2.45) is 0 Å². The van der Waals surface area contributed by atoms with Gasteiger partial charge >= 0.3 is 0 Å². The van der Waals surface area contributed by atoms with E-state index in [4.69, 9.17) is 0 Å². The zero-order valence-corrected chi connectivity index (χ0v) is 10.1. The van der Waals surface area contributed by atoms with E-state index in [-0.39, 0.29) is 0 Å². The average molecular weight is 251 g/mol. The van der Waals surface area contributed by atoms with E-state index in [0.717, 1.165) is 32.2 Å². The van der Waals surface area contributed by atoms with E-state index in [1.807, 2.05) is 4.57 Å². The van der Waals surface area contributed by atoms with Crippen LogP contribution in [-0.4, -0.2) is 34.1 Å². The minimum atomic E-state index is -0.840. The molecular formula is C13H15F2N3. The molecule has 1 saturated heterocycles. The Labute approximate surface area is 104 Å². The molecule has 1 fully saturated rings. The Morgan fingerprint density at radius 1 is 1.06 bits per heavy atom. The summed E-state index contributed by atoms with van der Waals surface area (Å²) < 4.78 is 28.2. The molecule has 1 aliphatic heterocycles. The highest BCUT2D eigenvalue weighted by molar-refractivity contribution is 5.75. The van der Waals surface area contributed by atoms with Crippen LogP contribution in [0, 0.1) is 11.6 Å². The highest BCUT2D eigenvalue weighted by Gasteiger charge is 2.13. The number of likely N-dealkylation sites (tertiary alicyclic amines) is 1. The van der Waals surface area contributed by atoms with Gasteiger partial charge in [0.2, 0.25) is 0 Å². The third-order valence-corrected chi connectivity index (χ3v) is 3.52. The van der Waals surface area contributed by atoms with Crippen molar-refractivity contribution in [3.63, 3.8) is 0 Å². The van der Waals surface area contributed by atoms with Gasteiger partial charge in [-0.2, -0.15) is 0 Å². The Morgan fingerprint density at radius 2 is 1.78 bits per heavy atom. The number of imidazole rings is 1. The molecule has 1 aromatic carbocycles. The van der Waals surface area contributed by atoms with Crippen LogP contribution in [0.4, 0.5) is 8.78 Å². The minimum Gasteiger partial charge on any atom is -0.329 e. The molecule has 0 saturated carbocycles. The lowest BCUT2D eigenvalue weighted by Crippen LogP contribution is -2.23. The third-order valence-electron chi connectivity index (χ3n) is 3.52. The predicted octanol–water partition coefficient (Wildman–Crippen LogP) is 2.41. The SMILES string of the molecule is Fc1cc2ncn(CCN3CCCC3)c2cc1F. The fourth-order valence-electron chi connectivity index (χ4n) is 2.49. The summed E-state index contributed by atoms with van der Waals surface area (Å²) in [6.45, 7) is 3.97. The smallest absolute Gasteiger partial charge is 0.161 e. The van der Waals surface area contributed by atoms with E-state index in [1.165, 1.54) is 18.9 Å². The second kappa shape index (κ2) is 4.65. The number of aromatic nitrogens is 2. The van der Waals surface area contributed by atoms with Crippen LogP contribution >= 0.6 is 0 Å². The first-order chi connectivity index (χ1) is 8.74. The number of halogens is 2. The maximum absolute atomic E-state index is 13.2. The van der Waals surface area contributed by atoms with Gasteiger partial charge in [-0.25, -0.2) is 13.8 Å². The van der Waals surface area contributed by atoms with Gasteiger partial charge in [0.15, 0.2) is 11.6 Å². The lowest BCUT2D eigenvalue weighted by molar-refractivity contribution is 0.324. The average Bonchev–Trinajstić information content (AvgIpc) is 2.97. The van der Waals surface area contributed by atoms with Crippen LogP contribution in [-0.2, 0) is 6.54 Å². The second-order valence-corrected chi connectivity index (χ2v) is 4.74. The van der Waals surface area contributed by atoms with Crippen molar-refractivity contribution in [1.29, 1.82) is 0 Å². The lowest BCUT2D eigenvalue weighted by atomic mass is 10.3. The number of benzene rings is 1. The van der Waals surface area contributed by atoms with E-state index in [1.54, 1.807) is 6.33 Å². The predicted molar refractivity (Wildman–Crippen MR) is 65.3 cm³/mol. The molecule has 96 valence electrons. The molecule has 0 radical (unpaired) electrons. The molecule has 3 rings (SSSR count). The standard InChI is InChI=1S/C13H15F2N3/c14-10-7-12-13(8-11(10)15)18(9-16-12)6-5-17-3-1-2-4-17/h7-9H,1-6H2. The Morgan fingerprint density at radius 3 is 2.56 bits per heavy atom. The van der Waals surface area contributed by atoms with E-state index in [9.17, 15) is 8.78 Å². The molecule has 0 N–H and O–H groups in total. The largest absolute Gasteiger partial charge is 0.329 e. The van der Waals surface area contributed by atoms with Crippen LogP contribution in [0.5, 0.6) is 0 Å². The van der Waals surface area contributed by atoms with Crippen LogP contribution < -0.4 is 0 Å². The summed E-state index contributed by atoms with van der Waals surface area (Å²) >= 11 is 0. The van der Waals surface area contributed by atoms with Gasteiger partial charge in [0, 0.05) is 25.2 Å². The maximum atomic E-state index is 13.2. The van der Waals surface area contributed by atoms with E-state index in [2.05, 4.69) is 9.88 Å². The second-order valence-electron chi connectivity index (χ2n) is 4.74. The summed E-state index contributed by atoms with van der Waals surface area (Å²) in [5.74, 6) is -1.65. The maximum Gasteiger partial charge on any atom is 0.161 e. The van der Waals surface area contributed by atoms with Crippen molar-refractivity contribution in [3.05, 3.63) is 30.1 Å². The summed E-state index contributed by atoms with van der Waals surface area (Å²) in [5, 5.41) is 0. The van der Waals surface area contributed by atoms with Crippen molar-refractivity contribution in [3.8, 4) is 0 Å². The van der Waals surface area contributed by atoms with Crippen molar-refractivity contribution in [2.45, 2.75) is 19.4 Å². The summed E-state index contributed by atoms with van der Waals surface area (Å²) in [4.78, 5) is 6.48. The Kier molecular flexibility index (Phi) is 2.99. The highest BCUT2D eigenvalue weighted by Crippen LogP contribution is 2.17. The number of fused-ring (bicyclic) bond motifs is 1. The van der Waals surface area contributed by atoms with Crippen molar-refractivity contribution < 1.29 is 8.78 Å². The van der Waals surface area contributed by atoms with Gasteiger partial charge in [-0.15, -0.1) is 0 Å². The number of rotatable bonds is 3. The number of hydrogen-bond acceptors (Lipinski definition) is 2. The quantitative estimate of drug-likeness (QED) is 0.835. The minimum absolute atomic E-state index is 0.510. The monoisotopic (exact) mass is 251 g/mol. The molecule has 2 aromatic rings. The summed E-state index contributed by atoms with van der Waals surface area (Å²) in [6, 6.07) is 2.37. The molecule has 0 bridgehead atoms. The van der Waals surface area contributed by atoms with Gasteiger partial charge in [-0.05, 0) is 25.9 Å². The molecule has 0 amide bonds. The first-order valence-electron chi connectivity index (χ1n) is 6.26. The normalized spacial score (nSPS) is 16.8. The number of hydrogen-bond donors (Lipinski definition) is 0. The molecule has 2 heterocycles. The van der Waals surface area contributed by atoms with Crippen molar-refractivity contribution in [2.75, 3.05) is 19.6 Å². The Hall–Kier alpha value is -1.49. The molecule has 0 aliphatic carbocycles. The van der Waals surface area contributed by atoms with Crippen LogP contribution in [0.2, 0.25) is 0 Å². The first-order valence-corrected chi connectivity index (χ1v) is 6.26.